The van der Waals surface area contributed by atoms with Gasteiger partial charge in [0.2, 0.25) is 0 Å². The van der Waals surface area contributed by atoms with Crippen LogP contribution in [0.5, 0.6) is 0 Å². The Bertz CT molecular complexity index is 948. The summed E-state index contributed by atoms with van der Waals surface area (Å²) in [4.78, 5) is 22.6. The van der Waals surface area contributed by atoms with Crippen LogP contribution in [0.4, 0.5) is 5.69 Å². The smallest absolute Gasteiger partial charge is 0.267 e. The predicted molar refractivity (Wildman–Crippen MR) is 95.5 cm³/mol. The summed E-state index contributed by atoms with van der Waals surface area (Å²) in [5.74, 6) is -0.388. The van der Waals surface area contributed by atoms with E-state index in [-0.39, 0.29) is 11.6 Å². The van der Waals surface area contributed by atoms with E-state index >= 15 is 0 Å². The largest absolute Gasteiger partial charge is 0.271 e. The Kier molecular flexibility index (Phi) is 4.43. The molecule has 0 saturated heterocycles. The molecule has 0 unspecified atom stereocenters. The minimum absolute atomic E-state index is 0.206. The first-order chi connectivity index (χ1) is 11.7. The molecule has 0 aliphatic heterocycles. The van der Waals surface area contributed by atoms with Crippen molar-refractivity contribution in [3.05, 3.63) is 82.8 Å². The van der Waals surface area contributed by atoms with E-state index < -0.39 is 0 Å². The summed E-state index contributed by atoms with van der Waals surface area (Å²) >= 11 is 0. The van der Waals surface area contributed by atoms with Gasteiger partial charge in [-0.15, -0.1) is 4.91 Å². The highest BCUT2D eigenvalue weighted by atomic mass is 16.3. The summed E-state index contributed by atoms with van der Waals surface area (Å²) in [6.45, 7) is 1.83. The number of amides is 1. The lowest BCUT2D eigenvalue weighted by molar-refractivity contribution is 0.0955. The summed E-state index contributed by atoms with van der Waals surface area (Å²) in [6.07, 6.45) is 0. The fourth-order valence-electron chi connectivity index (χ4n) is 2.38. The van der Waals surface area contributed by atoms with Gasteiger partial charge < -0.3 is 0 Å². The molecule has 0 bridgehead atoms. The van der Waals surface area contributed by atoms with Crippen LogP contribution in [0.1, 0.15) is 22.8 Å². The van der Waals surface area contributed by atoms with Crippen molar-refractivity contribution in [3.8, 4) is 0 Å². The van der Waals surface area contributed by atoms with Gasteiger partial charge in [-0.25, -0.2) is 5.43 Å². The molecule has 0 atom stereocenters. The molecule has 5 heteroatoms. The van der Waals surface area contributed by atoms with E-state index in [4.69, 9.17) is 0 Å². The van der Waals surface area contributed by atoms with Crippen molar-refractivity contribution >= 4 is 28.1 Å². The highest BCUT2D eigenvalue weighted by molar-refractivity contribution is 6.03. The van der Waals surface area contributed by atoms with E-state index in [9.17, 15) is 9.70 Å². The number of carbonyl (C=O) groups excluding carboxylic acids is 1. The van der Waals surface area contributed by atoms with Crippen LogP contribution in [0.3, 0.4) is 0 Å². The zero-order valence-corrected chi connectivity index (χ0v) is 13.1. The molecule has 24 heavy (non-hydrogen) atoms. The zero-order valence-electron chi connectivity index (χ0n) is 13.1. The minimum atomic E-state index is -0.388. The summed E-state index contributed by atoms with van der Waals surface area (Å²) in [6, 6.07) is 20.2. The molecule has 0 saturated carbocycles. The van der Waals surface area contributed by atoms with Gasteiger partial charge in [0, 0.05) is 5.56 Å². The molecule has 0 aliphatic rings. The molecule has 0 heterocycles. The first kappa shape index (κ1) is 15.6. The van der Waals surface area contributed by atoms with Gasteiger partial charge in [0.25, 0.3) is 5.91 Å². The summed E-state index contributed by atoms with van der Waals surface area (Å²) in [5, 5.41) is 9.22. The lowest BCUT2D eigenvalue weighted by Crippen LogP contribution is -2.19. The number of carbonyl (C=O) groups is 1. The number of hydrogen-bond acceptors (Lipinski definition) is 4. The fraction of sp³-hybridized carbons (Fsp3) is 0.0526. The van der Waals surface area contributed by atoms with Gasteiger partial charge in [-0.1, -0.05) is 42.5 Å². The number of hydrazone groups is 1. The van der Waals surface area contributed by atoms with Crippen molar-refractivity contribution in [2.24, 2.45) is 10.3 Å². The third kappa shape index (κ3) is 3.35. The van der Waals surface area contributed by atoms with Crippen LogP contribution in [0.25, 0.3) is 10.8 Å². The maximum absolute atomic E-state index is 12.1. The van der Waals surface area contributed by atoms with Crippen LogP contribution in [0, 0.1) is 4.91 Å². The number of fused-ring (bicyclic) bond motifs is 1. The number of benzene rings is 3. The summed E-state index contributed by atoms with van der Waals surface area (Å²) < 4.78 is 0. The monoisotopic (exact) mass is 317 g/mol. The molecule has 0 aliphatic carbocycles. The maximum Gasteiger partial charge on any atom is 0.271 e. The highest BCUT2D eigenvalue weighted by Crippen LogP contribution is 2.16. The molecule has 5 nitrogen and oxygen atoms in total. The van der Waals surface area contributed by atoms with Crippen molar-refractivity contribution in [1.29, 1.82) is 0 Å². The van der Waals surface area contributed by atoms with E-state index in [2.05, 4.69) is 15.7 Å². The number of rotatable bonds is 4. The van der Waals surface area contributed by atoms with E-state index in [0.717, 1.165) is 16.3 Å². The third-order valence-corrected chi connectivity index (χ3v) is 3.71. The van der Waals surface area contributed by atoms with Crippen molar-refractivity contribution in [3.63, 3.8) is 0 Å². The Morgan fingerprint density at radius 1 is 0.875 bits per heavy atom. The van der Waals surface area contributed by atoms with Crippen LogP contribution in [0.15, 0.2) is 77.0 Å². The summed E-state index contributed by atoms with van der Waals surface area (Å²) in [5.41, 5.74) is 4.66. The molecule has 118 valence electrons. The first-order valence-electron chi connectivity index (χ1n) is 7.44. The van der Waals surface area contributed by atoms with E-state index in [1.807, 2.05) is 49.4 Å². The zero-order chi connectivity index (χ0) is 16.9. The quantitative estimate of drug-likeness (QED) is 0.440. The van der Waals surface area contributed by atoms with Crippen LogP contribution in [-0.4, -0.2) is 11.6 Å². The van der Waals surface area contributed by atoms with E-state index in [0.29, 0.717) is 11.3 Å². The molecule has 3 aromatic carbocycles. The van der Waals surface area contributed by atoms with E-state index in [1.54, 1.807) is 12.1 Å². The number of hydrogen-bond donors (Lipinski definition) is 1. The second kappa shape index (κ2) is 6.83. The maximum atomic E-state index is 12.1. The Hall–Kier alpha value is -3.34. The van der Waals surface area contributed by atoms with Gasteiger partial charge >= 0.3 is 0 Å². The summed E-state index contributed by atoms with van der Waals surface area (Å²) in [7, 11) is 0. The molecule has 3 rings (SSSR count). The van der Waals surface area contributed by atoms with Gasteiger partial charge in [0.1, 0.15) is 5.69 Å². The van der Waals surface area contributed by atoms with Crippen molar-refractivity contribution < 1.29 is 4.79 Å². The molecule has 0 aromatic heterocycles. The molecule has 0 fully saturated rings. The Morgan fingerprint density at radius 2 is 1.67 bits per heavy atom. The highest BCUT2D eigenvalue weighted by Gasteiger charge is 2.06. The average molecular weight is 317 g/mol. The second-order valence-electron chi connectivity index (χ2n) is 5.34. The van der Waals surface area contributed by atoms with Gasteiger partial charge in [0.05, 0.1) is 5.71 Å². The van der Waals surface area contributed by atoms with Crippen LogP contribution < -0.4 is 5.43 Å². The predicted octanol–water partition coefficient (Wildman–Crippen LogP) is 4.39. The molecular formula is C19H15N3O2. The van der Waals surface area contributed by atoms with Gasteiger partial charge in [-0.3, -0.25) is 4.79 Å². The van der Waals surface area contributed by atoms with Crippen LogP contribution in [0.2, 0.25) is 0 Å². The molecule has 1 N–H and O–H groups in total. The van der Waals surface area contributed by atoms with Crippen molar-refractivity contribution in [2.45, 2.75) is 6.92 Å². The standard InChI is InChI=1S/C19H15N3O2/c1-13(15-10-9-14-5-2-3-6-16(14)11-15)20-21-19(23)17-7-4-8-18(12-17)22-24/h2-12H,1H3,(H,21,23)/b20-13+. The second-order valence-corrected chi connectivity index (χ2v) is 5.34. The van der Waals surface area contributed by atoms with Crippen LogP contribution in [-0.2, 0) is 0 Å². The van der Waals surface area contributed by atoms with Gasteiger partial charge in [-0.05, 0) is 52.7 Å². The van der Waals surface area contributed by atoms with Crippen molar-refractivity contribution in [1.82, 2.24) is 5.43 Å². The van der Waals surface area contributed by atoms with E-state index in [1.165, 1.54) is 12.1 Å². The van der Waals surface area contributed by atoms with Gasteiger partial charge in [0.15, 0.2) is 0 Å². The third-order valence-electron chi connectivity index (χ3n) is 3.71. The molecule has 1 amide bonds. The number of nitrogens with one attached hydrogen (secondary N) is 1. The topological polar surface area (TPSA) is 70.9 Å². The van der Waals surface area contributed by atoms with Crippen molar-refractivity contribution in [2.75, 3.05) is 0 Å². The van der Waals surface area contributed by atoms with Gasteiger partial charge in [-0.2, -0.15) is 5.10 Å². The SMILES string of the molecule is C/C(=N\NC(=O)c1cccc(N=O)c1)c1ccc2ccccc2c1. The fourth-order valence-corrected chi connectivity index (χ4v) is 2.38. The first-order valence-corrected chi connectivity index (χ1v) is 7.44. The molecule has 0 radical (unpaired) electrons. The lowest BCUT2D eigenvalue weighted by Gasteiger charge is -2.05. The molecule has 0 spiro atoms. The normalized spacial score (nSPS) is 11.3. The Morgan fingerprint density at radius 3 is 2.46 bits per heavy atom. The average Bonchev–Trinajstić information content (AvgIpc) is 2.65. The lowest BCUT2D eigenvalue weighted by atomic mass is 10.0. The number of nitroso groups, excluding NO2 is 1. The van der Waals surface area contributed by atoms with Crippen LogP contribution >= 0.6 is 0 Å². The molecule has 3 aromatic rings. The minimum Gasteiger partial charge on any atom is -0.267 e. The Balaban J connectivity index is 1.79. The molecular weight excluding hydrogens is 302 g/mol. The Labute approximate surface area is 139 Å². The number of nitrogens with zero attached hydrogens (tertiary/aromatic N) is 2.